The maximum Gasteiger partial charge on any atom is 0.314 e. The molecule has 1 N–H and O–H groups in total. The predicted molar refractivity (Wildman–Crippen MR) is 238 cm³/mol. The summed E-state index contributed by atoms with van der Waals surface area (Å²) in [6.07, 6.45) is -5.89. The van der Waals surface area contributed by atoms with Crippen LogP contribution in [0.1, 0.15) is 42.7 Å². The topological polar surface area (TPSA) is 191 Å². The molecule has 8 rings (SSSR count). The number of piperazine rings is 2. The Labute approximate surface area is 393 Å². The van der Waals surface area contributed by atoms with Gasteiger partial charge in [-0.15, -0.1) is 32.8 Å². The highest BCUT2D eigenvalue weighted by molar-refractivity contribution is 7.90. The van der Waals surface area contributed by atoms with Crippen LogP contribution < -0.4 is 13.9 Å². The van der Waals surface area contributed by atoms with Gasteiger partial charge in [0, 0.05) is 81.5 Å². The molecule has 26 heteroatoms. The Bertz CT molecular complexity index is 2860. The second-order valence-corrected chi connectivity index (χ2v) is 18.6. The minimum atomic E-state index is -4.07. The Morgan fingerprint density at radius 3 is 1.37 bits per heavy atom. The van der Waals surface area contributed by atoms with Gasteiger partial charge < -0.3 is 19.1 Å². The molecule has 1 amide bonds. The zero-order valence-corrected chi connectivity index (χ0v) is 38.3. The molecule has 2 saturated heterocycles. The van der Waals surface area contributed by atoms with Crippen LogP contribution in [-0.2, 0) is 38.3 Å². The molecule has 17 nitrogen and oxygen atoms in total. The van der Waals surface area contributed by atoms with Crippen LogP contribution in [0.3, 0.4) is 0 Å². The van der Waals surface area contributed by atoms with E-state index in [0.717, 1.165) is 20.7 Å². The minimum Gasteiger partial charge on any atom is -0.415 e. The highest BCUT2D eigenvalue weighted by Crippen LogP contribution is 2.30. The number of nitrogens with zero attached hydrogens (tertiary/aromatic N) is 9. The van der Waals surface area contributed by atoms with Crippen LogP contribution in [-0.4, -0.2) is 109 Å². The average Bonchev–Trinajstić information content (AvgIpc) is 4.04. The molecule has 0 bridgehead atoms. The van der Waals surface area contributed by atoms with Crippen LogP contribution in [0.15, 0.2) is 106 Å². The Morgan fingerprint density at radius 1 is 0.618 bits per heavy atom. The van der Waals surface area contributed by atoms with E-state index in [9.17, 15) is 43.6 Å². The number of hydrogen-bond donors (Lipinski definition) is 1. The summed E-state index contributed by atoms with van der Waals surface area (Å²) >= 11 is 0. The van der Waals surface area contributed by atoms with Gasteiger partial charge in [-0.25, -0.2) is 8.78 Å². The van der Waals surface area contributed by atoms with E-state index < -0.39 is 56.7 Å². The molecule has 2 fully saturated rings. The van der Waals surface area contributed by atoms with Crippen molar-refractivity contribution in [3.8, 4) is 22.9 Å². The van der Waals surface area contributed by atoms with Crippen LogP contribution in [0.25, 0.3) is 22.9 Å². The Kier molecular flexibility index (Phi) is 16.8. The van der Waals surface area contributed by atoms with Crippen LogP contribution >= 0.6 is 12.4 Å². The fourth-order valence-electron chi connectivity index (χ4n) is 6.99. The summed E-state index contributed by atoms with van der Waals surface area (Å²) in [6.45, 7) is 3.23. The molecule has 0 spiro atoms. The number of nitrogens with one attached hydrogen (secondary N) is 1. The van der Waals surface area contributed by atoms with Gasteiger partial charge in [0.05, 0.1) is 24.5 Å². The van der Waals surface area contributed by atoms with E-state index in [1.165, 1.54) is 39.8 Å². The third-order valence-electron chi connectivity index (χ3n) is 10.5. The maximum absolute atomic E-state index is 15.0. The molecule has 364 valence electrons. The average molecular weight is 1010 g/mol. The summed E-state index contributed by atoms with van der Waals surface area (Å²) in [5, 5.41) is 16.6. The number of carbonyl (C=O) groups excluding carboxylic acids is 1. The van der Waals surface area contributed by atoms with E-state index >= 15 is 4.39 Å². The van der Waals surface area contributed by atoms with Crippen molar-refractivity contribution in [1.82, 2.24) is 39.2 Å². The second-order valence-electron chi connectivity index (χ2n) is 14.9. The Morgan fingerprint density at radius 2 is 1.01 bits per heavy atom. The molecule has 0 atom stereocenters. The van der Waals surface area contributed by atoms with Crippen LogP contribution in [0.2, 0.25) is 0 Å². The summed E-state index contributed by atoms with van der Waals surface area (Å²) < 4.78 is 149. The van der Waals surface area contributed by atoms with Gasteiger partial charge >= 0.3 is 33.3 Å². The normalized spacial score (nSPS) is 14.9. The first-order chi connectivity index (χ1) is 32.0. The number of amides is 1. The lowest BCUT2D eigenvalue weighted by Gasteiger charge is -2.37. The van der Waals surface area contributed by atoms with E-state index in [4.69, 9.17) is 8.83 Å². The molecular formula is C42H43ClF6N10O7S2. The SMILES string of the molecule is CC(=O)N1CCN(S(=O)(=O)N(Cc2ccc(-c3nnc(C(F)F)o3)cc2F)c2ccccc2)CC1.Cl.O=S(=O)(N1CCNCC1)N(Cc1ccc(-c2nnc(C(F)F)o2)cc1F)c1ccccc1. The van der Waals surface area contributed by atoms with E-state index in [1.54, 1.807) is 65.6 Å². The monoisotopic (exact) mass is 1010 g/mol. The molecule has 0 radical (unpaired) electrons. The zero-order valence-electron chi connectivity index (χ0n) is 35.8. The molecule has 68 heavy (non-hydrogen) atoms. The zero-order chi connectivity index (χ0) is 47.9. The number of rotatable bonds is 14. The van der Waals surface area contributed by atoms with Crippen molar-refractivity contribution in [2.45, 2.75) is 32.9 Å². The highest BCUT2D eigenvalue weighted by atomic mass is 35.5. The van der Waals surface area contributed by atoms with E-state index in [1.807, 2.05) is 0 Å². The summed E-state index contributed by atoms with van der Waals surface area (Å²) in [5.41, 5.74) is 1.08. The van der Waals surface area contributed by atoms with Crippen molar-refractivity contribution in [2.24, 2.45) is 0 Å². The lowest BCUT2D eigenvalue weighted by Crippen LogP contribution is -2.53. The fourth-order valence-corrected chi connectivity index (χ4v) is 10.2. The molecule has 2 aromatic heterocycles. The van der Waals surface area contributed by atoms with Gasteiger partial charge in [-0.2, -0.15) is 43.0 Å². The molecule has 2 aliphatic heterocycles. The summed E-state index contributed by atoms with van der Waals surface area (Å²) in [6, 6.07) is 24.3. The van der Waals surface area contributed by atoms with Gasteiger partial charge in [0.1, 0.15) is 11.6 Å². The van der Waals surface area contributed by atoms with Crippen LogP contribution in [0, 0.1) is 11.6 Å². The number of para-hydroxylation sites is 2. The molecule has 6 aromatic rings. The minimum absolute atomic E-state index is 0. The van der Waals surface area contributed by atoms with Gasteiger partial charge in [0.25, 0.3) is 11.8 Å². The highest BCUT2D eigenvalue weighted by Gasteiger charge is 2.35. The van der Waals surface area contributed by atoms with Gasteiger partial charge in [-0.05, 0) is 48.5 Å². The van der Waals surface area contributed by atoms with E-state index in [-0.39, 0.29) is 91.6 Å². The summed E-state index contributed by atoms with van der Waals surface area (Å²) in [4.78, 5) is 13.2. The molecule has 4 heterocycles. The van der Waals surface area contributed by atoms with Gasteiger partial charge in [-0.3, -0.25) is 13.4 Å². The van der Waals surface area contributed by atoms with Gasteiger partial charge in [0.15, 0.2) is 0 Å². The van der Waals surface area contributed by atoms with E-state index in [2.05, 4.69) is 25.7 Å². The molecule has 4 aromatic carbocycles. The van der Waals surface area contributed by atoms with Crippen molar-refractivity contribution in [1.29, 1.82) is 0 Å². The standard InChI is InChI=1S/C22H22F3N5O4S.C20H20F3N5O3S.ClH/c1-15(31)28-9-11-29(12-10-28)35(32,33)30(18-5-3-2-4-6-18)14-17-8-7-16(13-19(17)23)21-26-27-22(34-21)20(24)25;21-17-12-14(19-25-26-20(31-19)18(22)23)6-7-15(17)13-28(16-4-2-1-3-5-16)32(29,30)27-10-8-24-9-11-27;/h2-8,13,20H,9-12,14H2,1H3;1-7,12,18,24H,8-11,13H2;1H. The first-order valence-corrected chi connectivity index (χ1v) is 23.2. The Hall–Kier alpha value is -6.12. The summed E-state index contributed by atoms with van der Waals surface area (Å²) in [7, 11) is -8.00. The fraction of sp³-hybridized carbons (Fsp3) is 0.310. The van der Waals surface area contributed by atoms with Crippen molar-refractivity contribution < 1.29 is 56.8 Å². The predicted octanol–water partition coefficient (Wildman–Crippen LogP) is 6.62. The lowest BCUT2D eigenvalue weighted by atomic mass is 10.1. The van der Waals surface area contributed by atoms with Crippen molar-refractivity contribution in [3.05, 3.63) is 132 Å². The molecule has 0 saturated carbocycles. The largest absolute Gasteiger partial charge is 0.415 e. The van der Waals surface area contributed by atoms with Crippen molar-refractivity contribution >= 4 is 50.1 Å². The Balaban J connectivity index is 0.000000221. The van der Waals surface area contributed by atoms with E-state index in [0.29, 0.717) is 37.6 Å². The number of hydrogen-bond acceptors (Lipinski definition) is 12. The molecule has 0 unspecified atom stereocenters. The third kappa shape index (κ3) is 11.9. The maximum atomic E-state index is 15.0. The number of anilines is 2. The quantitative estimate of drug-likeness (QED) is 0.115. The van der Waals surface area contributed by atoms with Gasteiger partial charge in [0.2, 0.25) is 17.7 Å². The van der Waals surface area contributed by atoms with Crippen molar-refractivity contribution in [2.75, 3.05) is 61.0 Å². The number of aromatic nitrogens is 4. The number of alkyl halides is 4. The van der Waals surface area contributed by atoms with Crippen molar-refractivity contribution in [3.63, 3.8) is 0 Å². The molecule has 0 aliphatic carbocycles. The first-order valence-electron chi connectivity index (χ1n) is 20.5. The first kappa shape index (κ1) is 51.3. The second kappa shape index (κ2) is 22.3. The smallest absolute Gasteiger partial charge is 0.314 e. The van der Waals surface area contributed by atoms with Crippen LogP contribution in [0.5, 0.6) is 0 Å². The lowest BCUT2D eigenvalue weighted by molar-refractivity contribution is -0.129. The third-order valence-corrected chi connectivity index (χ3v) is 14.4. The number of carbonyl (C=O) groups is 1. The number of halogens is 7. The summed E-state index contributed by atoms with van der Waals surface area (Å²) in [5.74, 6) is -3.89. The van der Waals surface area contributed by atoms with Crippen LogP contribution in [0.4, 0.5) is 37.7 Å². The molecular weight excluding hydrogens is 970 g/mol. The molecule has 2 aliphatic rings. The number of benzene rings is 4. The van der Waals surface area contributed by atoms with Gasteiger partial charge in [-0.1, -0.05) is 48.5 Å².